The van der Waals surface area contributed by atoms with Gasteiger partial charge in [0.25, 0.3) is 5.91 Å². The molecule has 1 aliphatic heterocycles. The van der Waals surface area contributed by atoms with Gasteiger partial charge in [-0.15, -0.1) is 0 Å². The molecule has 7 heteroatoms. The molecule has 1 amide bonds. The molecule has 0 bridgehead atoms. The number of pyridine rings is 1. The number of rotatable bonds is 4. The van der Waals surface area contributed by atoms with E-state index in [9.17, 15) is 4.79 Å². The first-order valence-corrected chi connectivity index (χ1v) is 8.79. The van der Waals surface area contributed by atoms with E-state index in [0.29, 0.717) is 17.1 Å². The van der Waals surface area contributed by atoms with Crippen molar-refractivity contribution in [2.45, 2.75) is 19.9 Å². The highest BCUT2D eigenvalue weighted by atomic mass is 35.5. The Morgan fingerprint density at radius 1 is 1.19 bits per heavy atom. The third-order valence-electron chi connectivity index (χ3n) is 4.30. The van der Waals surface area contributed by atoms with Gasteiger partial charge in [0.05, 0.1) is 22.9 Å². The fraction of sp³-hybridized carbons (Fsp3) is 0.211. The first-order chi connectivity index (χ1) is 12.6. The minimum Gasteiger partial charge on any atom is -0.346 e. The summed E-state index contributed by atoms with van der Waals surface area (Å²) in [5.74, 6) is -0.132. The van der Waals surface area contributed by atoms with Gasteiger partial charge in [-0.25, -0.2) is 4.98 Å². The lowest BCUT2D eigenvalue weighted by Gasteiger charge is -2.13. The number of anilines is 1. The van der Waals surface area contributed by atoms with E-state index < -0.39 is 0 Å². The highest BCUT2D eigenvalue weighted by molar-refractivity contribution is 6.30. The van der Waals surface area contributed by atoms with Gasteiger partial charge in [0.15, 0.2) is 0 Å². The van der Waals surface area contributed by atoms with E-state index in [-0.39, 0.29) is 5.91 Å². The number of benzene rings is 1. The topological polar surface area (TPSA) is 62.0 Å². The quantitative estimate of drug-likeness (QED) is 0.767. The second kappa shape index (κ2) is 6.80. The van der Waals surface area contributed by atoms with E-state index in [1.165, 1.54) is 0 Å². The Hall–Kier alpha value is -2.86. The first-order valence-electron chi connectivity index (χ1n) is 8.41. The van der Waals surface area contributed by atoms with Crippen LogP contribution in [0, 0.1) is 0 Å². The number of nitrogens with one attached hydrogen (secondary N) is 1. The molecule has 3 heterocycles. The summed E-state index contributed by atoms with van der Waals surface area (Å²) in [6.45, 7) is 3.26. The second-order valence-corrected chi connectivity index (χ2v) is 6.72. The van der Waals surface area contributed by atoms with E-state index in [1.807, 2.05) is 52.9 Å². The zero-order valence-electron chi connectivity index (χ0n) is 14.3. The predicted octanol–water partition coefficient (Wildman–Crippen LogP) is 3.50. The average molecular weight is 368 g/mol. The number of hydrazone groups is 1. The van der Waals surface area contributed by atoms with Gasteiger partial charge in [0.2, 0.25) is 0 Å². The van der Waals surface area contributed by atoms with Crippen LogP contribution in [0.3, 0.4) is 0 Å². The zero-order chi connectivity index (χ0) is 18.1. The van der Waals surface area contributed by atoms with Gasteiger partial charge in [-0.3, -0.25) is 9.80 Å². The number of hydrogen-bond acceptors (Lipinski definition) is 4. The van der Waals surface area contributed by atoms with Gasteiger partial charge in [-0.2, -0.15) is 5.10 Å². The van der Waals surface area contributed by atoms with Gasteiger partial charge in [0.1, 0.15) is 5.65 Å². The highest BCUT2D eigenvalue weighted by Crippen LogP contribution is 2.20. The number of nitrogens with zero attached hydrogens (tertiary/aromatic N) is 4. The lowest BCUT2D eigenvalue weighted by Crippen LogP contribution is -2.23. The zero-order valence-corrected chi connectivity index (χ0v) is 15.1. The van der Waals surface area contributed by atoms with Crippen LogP contribution in [-0.4, -0.2) is 27.5 Å². The molecule has 2 aromatic heterocycles. The fourth-order valence-electron chi connectivity index (χ4n) is 2.92. The number of amides is 1. The minimum atomic E-state index is -0.132. The predicted molar refractivity (Wildman–Crippen MR) is 103 cm³/mol. The van der Waals surface area contributed by atoms with Crippen molar-refractivity contribution in [1.29, 1.82) is 0 Å². The Bertz CT molecular complexity index is 993. The third kappa shape index (κ3) is 3.41. The van der Waals surface area contributed by atoms with Gasteiger partial charge < -0.3 is 9.72 Å². The average Bonchev–Trinajstić information content (AvgIpc) is 3.25. The van der Waals surface area contributed by atoms with E-state index in [4.69, 9.17) is 11.6 Å². The van der Waals surface area contributed by atoms with Crippen LogP contribution in [0.2, 0.25) is 5.02 Å². The summed E-state index contributed by atoms with van der Waals surface area (Å²) in [4.78, 5) is 16.8. The molecule has 0 radical (unpaired) electrons. The number of aromatic nitrogens is 2. The van der Waals surface area contributed by atoms with Crippen molar-refractivity contribution < 1.29 is 4.79 Å². The number of fused-ring (bicyclic) bond motifs is 1. The number of carbonyl (C=O) groups is 1. The summed E-state index contributed by atoms with van der Waals surface area (Å²) in [6, 6.07) is 11.1. The van der Waals surface area contributed by atoms with Crippen LogP contribution in [0.1, 0.15) is 29.4 Å². The summed E-state index contributed by atoms with van der Waals surface area (Å²) in [5, 5.41) is 9.96. The standard InChI is InChI=1S/C19H18ClN5O/c1-13-8-9-25(23-13)17-5-2-14(3-6-17)19(26)21-10-16-12-24-11-15(20)4-7-18(24)22-16/h2-7,11-12H,8-10H2,1H3,(H,21,26). The molecule has 0 spiro atoms. The molecule has 0 fully saturated rings. The van der Waals surface area contributed by atoms with Crippen molar-refractivity contribution in [3.8, 4) is 0 Å². The maximum atomic E-state index is 12.4. The molecule has 6 nitrogen and oxygen atoms in total. The maximum absolute atomic E-state index is 12.4. The van der Waals surface area contributed by atoms with Gasteiger partial charge >= 0.3 is 0 Å². The lowest BCUT2D eigenvalue weighted by molar-refractivity contribution is 0.0950. The summed E-state index contributed by atoms with van der Waals surface area (Å²) in [6.07, 6.45) is 4.63. The normalized spacial score (nSPS) is 13.9. The molecule has 132 valence electrons. The molecule has 4 rings (SSSR count). The summed E-state index contributed by atoms with van der Waals surface area (Å²) in [5.41, 5.74) is 4.31. The van der Waals surface area contributed by atoms with Crippen LogP contribution < -0.4 is 10.3 Å². The number of halogens is 1. The Morgan fingerprint density at radius 2 is 2.00 bits per heavy atom. The number of hydrogen-bond donors (Lipinski definition) is 1. The summed E-state index contributed by atoms with van der Waals surface area (Å²) >= 11 is 5.97. The molecule has 0 aliphatic carbocycles. The Morgan fingerprint density at radius 3 is 2.73 bits per heavy atom. The van der Waals surface area contributed by atoms with Gasteiger partial charge in [-0.05, 0) is 43.3 Å². The summed E-state index contributed by atoms with van der Waals surface area (Å²) in [7, 11) is 0. The van der Waals surface area contributed by atoms with E-state index in [1.54, 1.807) is 12.3 Å². The van der Waals surface area contributed by atoms with Crippen molar-refractivity contribution in [2.24, 2.45) is 5.10 Å². The fourth-order valence-corrected chi connectivity index (χ4v) is 3.09. The van der Waals surface area contributed by atoms with Crippen LogP contribution in [0.5, 0.6) is 0 Å². The SMILES string of the molecule is CC1=NN(c2ccc(C(=O)NCc3cn4cc(Cl)ccc4n3)cc2)CC1. The molecular weight excluding hydrogens is 350 g/mol. The Labute approximate surface area is 156 Å². The van der Waals surface area contributed by atoms with Crippen molar-refractivity contribution in [1.82, 2.24) is 14.7 Å². The lowest BCUT2D eigenvalue weighted by atomic mass is 10.2. The van der Waals surface area contributed by atoms with E-state index in [2.05, 4.69) is 15.4 Å². The third-order valence-corrected chi connectivity index (χ3v) is 4.52. The van der Waals surface area contributed by atoms with Crippen molar-refractivity contribution in [3.63, 3.8) is 0 Å². The van der Waals surface area contributed by atoms with Crippen molar-refractivity contribution in [3.05, 3.63) is 65.1 Å². The molecule has 0 unspecified atom stereocenters. The Kier molecular flexibility index (Phi) is 4.34. The van der Waals surface area contributed by atoms with Crippen LogP contribution in [0.4, 0.5) is 5.69 Å². The number of imidazole rings is 1. The first kappa shape index (κ1) is 16.6. The molecule has 0 saturated carbocycles. The van der Waals surface area contributed by atoms with Crippen LogP contribution >= 0.6 is 11.6 Å². The molecule has 0 atom stereocenters. The van der Waals surface area contributed by atoms with Crippen LogP contribution in [-0.2, 0) is 6.54 Å². The monoisotopic (exact) mass is 367 g/mol. The second-order valence-electron chi connectivity index (χ2n) is 6.28. The molecule has 3 aromatic rings. The molecule has 1 aromatic carbocycles. The summed E-state index contributed by atoms with van der Waals surface area (Å²) < 4.78 is 1.84. The van der Waals surface area contributed by atoms with E-state index >= 15 is 0 Å². The minimum absolute atomic E-state index is 0.132. The highest BCUT2D eigenvalue weighted by Gasteiger charge is 2.13. The largest absolute Gasteiger partial charge is 0.346 e. The van der Waals surface area contributed by atoms with E-state index in [0.717, 1.165) is 35.7 Å². The van der Waals surface area contributed by atoms with Crippen molar-refractivity contribution in [2.75, 3.05) is 11.6 Å². The smallest absolute Gasteiger partial charge is 0.251 e. The molecule has 0 saturated heterocycles. The van der Waals surface area contributed by atoms with Gasteiger partial charge in [0, 0.05) is 36.6 Å². The van der Waals surface area contributed by atoms with Crippen LogP contribution in [0.25, 0.3) is 5.65 Å². The van der Waals surface area contributed by atoms with Crippen LogP contribution in [0.15, 0.2) is 53.9 Å². The molecule has 26 heavy (non-hydrogen) atoms. The molecule has 1 N–H and O–H groups in total. The van der Waals surface area contributed by atoms with Crippen molar-refractivity contribution >= 4 is 34.6 Å². The maximum Gasteiger partial charge on any atom is 0.251 e. The number of carbonyl (C=O) groups excluding carboxylic acids is 1. The Balaban J connectivity index is 1.41. The van der Waals surface area contributed by atoms with Gasteiger partial charge in [-0.1, -0.05) is 11.6 Å². The molecule has 1 aliphatic rings. The molecular formula is C19H18ClN5O.